The van der Waals surface area contributed by atoms with Gasteiger partial charge >= 0.3 is 0 Å². The highest BCUT2D eigenvalue weighted by Gasteiger charge is 2.06. The molecule has 1 aromatic heterocycles. The molecule has 0 unspecified atom stereocenters. The van der Waals surface area contributed by atoms with E-state index in [1.807, 2.05) is 44.2 Å². The van der Waals surface area contributed by atoms with Crippen molar-refractivity contribution in [3.05, 3.63) is 42.6 Å². The van der Waals surface area contributed by atoms with Crippen LogP contribution in [-0.4, -0.2) is 28.3 Å². The molecule has 1 aromatic carbocycles. The van der Waals surface area contributed by atoms with E-state index in [1.54, 1.807) is 16.9 Å². The molecule has 0 saturated carbocycles. The number of hydrogen-bond donors (Lipinski definition) is 1. The summed E-state index contributed by atoms with van der Waals surface area (Å²) in [6.07, 6.45) is 1.80. The maximum atomic E-state index is 11.4. The maximum absolute atomic E-state index is 11.4. The lowest BCUT2D eigenvalue weighted by Crippen LogP contribution is -2.34. The van der Waals surface area contributed by atoms with Gasteiger partial charge in [0.1, 0.15) is 0 Å². The summed E-state index contributed by atoms with van der Waals surface area (Å²) < 4.78 is 7.03. The number of rotatable bonds is 5. The van der Waals surface area contributed by atoms with Crippen LogP contribution in [-0.2, 0) is 4.79 Å². The molecule has 1 heterocycles. The van der Waals surface area contributed by atoms with E-state index in [0.717, 1.165) is 5.69 Å². The summed E-state index contributed by atoms with van der Waals surface area (Å²) in [6.45, 7) is 3.79. The van der Waals surface area contributed by atoms with Gasteiger partial charge in [-0.1, -0.05) is 18.2 Å². The number of amides is 1. The van der Waals surface area contributed by atoms with Crippen LogP contribution >= 0.6 is 0 Å². The van der Waals surface area contributed by atoms with Crippen LogP contribution in [0, 0.1) is 0 Å². The van der Waals surface area contributed by atoms with E-state index in [2.05, 4.69) is 10.4 Å². The number of aromatic nitrogens is 2. The number of carbonyl (C=O) groups is 1. The minimum Gasteiger partial charge on any atom is -0.466 e. The van der Waals surface area contributed by atoms with Crippen LogP contribution < -0.4 is 10.1 Å². The van der Waals surface area contributed by atoms with Crippen molar-refractivity contribution in [2.75, 3.05) is 6.61 Å². The molecule has 5 nitrogen and oxygen atoms in total. The van der Waals surface area contributed by atoms with Gasteiger partial charge in [0.25, 0.3) is 5.91 Å². The van der Waals surface area contributed by atoms with E-state index < -0.39 is 0 Å². The van der Waals surface area contributed by atoms with E-state index in [0.29, 0.717) is 5.88 Å². The summed E-state index contributed by atoms with van der Waals surface area (Å²) in [5.41, 5.74) is 0.948. The number of carbonyl (C=O) groups excluding carboxylic acids is 1. The third kappa shape index (κ3) is 3.84. The third-order valence-corrected chi connectivity index (χ3v) is 2.39. The van der Waals surface area contributed by atoms with Gasteiger partial charge in [0, 0.05) is 18.3 Å². The van der Waals surface area contributed by atoms with Gasteiger partial charge in [-0.3, -0.25) is 4.79 Å². The molecule has 0 saturated heterocycles. The largest absolute Gasteiger partial charge is 0.466 e. The highest BCUT2D eigenvalue weighted by molar-refractivity contribution is 5.77. The van der Waals surface area contributed by atoms with Crippen LogP contribution in [0.4, 0.5) is 0 Å². The van der Waals surface area contributed by atoms with Crippen molar-refractivity contribution in [1.82, 2.24) is 15.1 Å². The van der Waals surface area contributed by atoms with Crippen molar-refractivity contribution >= 4 is 5.91 Å². The Hall–Kier alpha value is -2.30. The molecule has 0 aliphatic carbocycles. The van der Waals surface area contributed by atoms with E-state index in [1.165, 1.54) is 0 Å². The van der Waals surface area contributed by atoms with Crippen molar-refractivity contribution < 1.29 is 9.53 Å². The molecule has 2 aromatic rings. The Morgan fingerprint density at radius 2 is 2.05 bits per heavy atom. The summed E-state index contributed by atoms with van der Waals surface area (Å²) in [6, 6.07) is 11.6. The first-order valence-corrected chi connectivity index (χ1v) is 6.18. The highest BCUT2D eigenvalue weighted by atomic mass is 16.5. The van der Waals surface area contributed by atoms with Crippen molar-refractivity contribution in [3.8, 4) is 11.6 Å². The van der Waals surface area contributed by atoms with E-state index >= 15 is 0 Å². The third-order valence-electron chi connectivity index (χ3n) is 2.39. The van der Waals surface area contributed by atoms with Crippen LogP contribution in [0.25, 0.3) is 5.69 Å². The molecule has 1 N–H and O–H groups in total. The lowest BCUT2D eigenvalue weighted by molar-refractivity contribution is -0.123. The Balaban J connectivity index is 1.93. The molecular weight excluding hydrogens is 242 g/mol. The molecule has 5 heteroatoms. The zero-order valence-electron chi connectivity index (χ0n) is 11.0. The molecule has 0 bridgehead atoms. The Labute approximate surface area is 112 Å². The fourth-order valence-electron chi connectivity index (χ4n) is 1.61. The number of nitrogens with one attached hydrogen (secondary N) is 1. The topological polar surface area (TPSA) is 56.1 Å². The molecule has 0 aliphatic heterocycles. The molecule has 2 rings (SSSR count). The maximum Gasteiger partial charge on any atom is 0.258 e. The van der Waals surface area contributed by atoms with Gasteiger partial charge in [-0.05, 0) is 26.0 Å². The van der Waals surface area contributed by atoms with Gasteiger partial charge < -0.3 is 10.1 Å². The van der Waals surface area contributed by atoms with Gasteiger partial charge in [-0.15, -0.1) is 5.10 Å². The molecule has 0 fully saturated rings. The summed E-state index contributed by atoms with van der Waals surface area (Å²) >= 11 is 0. The number of para-hydroxylation sites is 1. The van der Waals surface area contributed by atoms with Gasteiger partial charge in [0.05, 0.1) is 5.69 Å². The highest BCUT2D eigenvalue weighted by Crippen LogP contribution is 2.11. The zero-order chi connectivity index (χ0) is 13.7. The Morgan fingerprint density at radius 1 is 1.32 bits per heavy atom. The van der Waals surface area contributed by atoms with Crippen molar-refractivity contribution in [2.24, 2.45) is 0 Å². The number of hydrogen-bond acceptors (Lipinski definition) is 3. The van der Waals surface area contributed by atoms with Gasteiger partial charge in [-0.25, -0.2) is 4.68 Å². The second kappa shape index (κ2) is 6.04. The SMILES string of the molecule is CC(C)NC(=O)COc1ccn(-c2ccccc2)n1. The fraction of sp³-hybridized carbons (Fsp3) is 0.286. The summed E-state index contributed by atoms with van der Waals surface area (Å²) in [4.78, 5) is 11.4. The number of ether oxygens (including phenoxy) is 1. The molecule has 0 atom stereocenters. The van der Waals surface area contributed by atoms with Gasteiger partial charge in [0.2, 0.25) is 5.88 Å². The van der Waals surface area contributed by atoms with Crippen LogP contribution in [0.1, 0.15) is 13.8 Å². The first-order chi connectivity index (χ1) is 9.15. The average molecular weight is 259 g/mol. The fourth-order valence-corrected chi connectivity index (χ4v) is 1.61. The second-order valence-electron chi connectivity index (χ2n) is 4.44. The Morgan fingerprint density at radius 3 is 2.74 bits per heavy atom. The van der Waals surface area contributed by atoms with Crippen molar-refractivity contribution in [3.63, 3.8) is 0 Å². The van der Waals surface area contributed by atoms with Crippen LogP contribution in [0.15, 0.2) is 42.6 Å². The van der Waals surface area contributed by atoms with Crippen molar-refractivity contribution in [2.45, 2.75) is 19.9 Å². The Kier molecular flexibility index (Phi) is 4.18. The van der Waals surface area contributed by atoms with Crippen LogP contribution in [0.3, 0.4) is 0 Å². The molecule has 0 spiro atoms. The van der Waals surface area contributed by atoms with Crippen molar-refractivity contribution in [1.29, 1.82) is 0 Å². The first-order valence-electron chi connectivity index (χ1n) is 6.18. The summed E-state index contributed by atoms with van der Waals surface area (Å²) in [7, 11) is 0. The minimum absolute atomic E-state index is 0.0238. The molecule has 1 amide bonds. The number of nitrogens with zero attached hydrogens (tertiary/aromatic N) is 2. The van der Waals surface area contributed by atoms with Gasteiger partial charge in [0.15, 0.2) is 6.61 Å². The zero-order valence-corrected chi connectivity index (χ0v) is 11.0. The molecule has 100 valence electrons. The molecular formula is C14H17N3O2. The smallest absolute Gasteiger partial charge is 0.258 e. The first kappa shape index (κ1) is 13.1. The molecule has 0 radical (unpaired) electrons. The lowest BCUT2D eigenvalue weighted by Gasteiger charge is -2.08. The normalized spacial score (nSPS) is 10.5. The van der Waals surface area contributed by atoms with Gasteiger partial charge in [-0.2, -0.15) is 0 Å². The predicted octanol–water partition coefficient (Wildman–Crippen LogP) is 1.78. The van der Waals surface area contributed by atoms with E-state index in [9.17, 15) is 4.79 Å². The molecule has 0 aliphatic rings. The second-order valence-corrected chi connectivity index (χ2v) is 4.44. The minimum atomic E-state index is -0.149. The number of benzene rings is 1. The average Bonchev–Trinajstić information content (AvgIpc) is 2.85. The monoisotopic (exact) mass is 259 g/mol. The predicted molar refractivity (Wildman–Crippen MR) is 72.3 cm³/mol. The summed E-state index contributed by atoms with van der Waals surface area (Å²) in [5, 5.41) is 7.00. The Bertz CT molecular complexity index is 535. The standard InChI is InChI=1S/C14H17N3O2/c1-11(2)15-13(18)10-19-14-8-9-17(16-14)12-6-4-3-5-7-12/h3-9,11H,10H2,1-2H3,(H,15,18). The molecule has 19 heavy (non-hydrogen) atoms. The lowest BCUT2D eigenvalue weighted by atomic mass is 10.3. The van der Waals surface area contributed by atoms with E-state index in [-0.39, 0.29) is 18.6 Å². The van der Waals surface area contributed by atoms with Crippen LogP contribution in [0.5, 0.6) is 5.88 Å². The quantitative estimate of drug-likeness (QED) is 0.890. The van der Waals surface area contributed by atoms with E-state index in [4.69, 9.17) is 4.74 Å². The van der Waals surface area contributed by atoms with Crippen LogP contribution in [0.2, 0.25) is 0 Å². The summed E-state index contributed by atoms with van der Waals surface area (Å²) in [5.74, 6) is 0.284.